The number of rotatable bonds is 4. The van der Waals surface area contributed by atoms with Crippen molar-refractivity contribution in [2.45, 2.75) is 26.2 Å². The molecule has 88 valence electrons. The molecule has 1 N–H and O–H groups in total. The quantitative estimate of drug-likeness (QED) is 0.596. The summed E-state index contributed by atoms with van der Waals surface area (Å²) in [5, 5.41) is 3.31. The second-order valence-corrected chi connectivity index (χ2v) is 3.52. The summed E-state index contributed by atoms with van der Waals surface area (Å²) >= 11 is 0. The Balaban J connectivity index is 0.00000196. The van der Waals surface area contributed by atoms with E-state index in [2.05, 4.69) is 11.4 Å². The lowest BCUT2D eigenvalue weighted by Crippen LogP contribution is -2.26. The molecule has 0 aromatic carbocycles. The third kappa shape index (κ3) is 6.52. The van der Waals surface area contributed by atoms with Crippen LogP contribution in [-0.2, 0) is 9.53 Å². The molecule has 1 saturated heterocycles. The van der Waals surface area contributed by atoms with Crippen LogP contribution >= 0.6 is 12.4 Å². The van der Waals surface area contributed by atoms with Crippen molar-refractivity contribution in [1.29, 1.82) is 0 Å². The fourth-order valence-electron chi connectivity index (χ4n) is 1.61. The molecular weight excluding hydrogens is 214 g/mol. The second-order valence-electron chi connectivity index (χ2n) is 3.52. The average molecular weight is 234 g/mol. The predicted molar refractivity (Wildman–Crippen MR) is 63.2 cm³/mol. The molecule has 15 heavy (non-hydrogen) atoms. The van der Waals surface area contributed by atoms with Crippen LogP contribution in [0.1, 0.15) is 26.2 Å². The molecule has 4 heteroatoms. The highest BCUT2D eigenvalue weighted by Crippen LogP contribution is 2.13. The Morgan fingerprint density at radius 1 is 1.47 bits per heavy atom. The van der Waals surface area contributed by atoms with Crippen LogP contribution in [0, 0.1) is 5.92 Å². The Labute approximate surface area is 97.7 Å². The van der Waals surface area contributed by atoms with E-state index in [1.54, 1.807) is 0 Å². The molecule has 1 aliphatic heterocycles. The Morgan fingerprint density at radius 2 is 2.13 bits per heavy atom. The van der Waals surface area contributed by atoms with Crippen LogP contribution in [0.2, 0.25) is 0 Å². The van der Waals surface area contributed by atoms with Crippen molar-refractivity contribution >= 4 is 18.4 Å². The molecule has 0 spiro atoms. The molecule has 0 aromatic rings. The van der Waals surface area contributed by atoms with Crippen LogP contribution in [0.25, 0.3) is 0 Å². The fraction of sp³-hybridized carbons (Fsp3) is 0.727. The van der Waals surface area contributed by atoms with E-state index >= 15 is 0 Å². The van der Waals surface area contributed by atoms with E-state index in [-0.39, 0.29) is 18.4 Å². The molecule has 0 saturated carbocycles. The first-order chi connectivity index (χ1) is 6.83. The molecule has 0 aliphatic carbocycles. The molecule has 1 fully saturated rings. The number of nitrogens with one attached hydrogen (secondary N) is 1. The lowest BCUT2D eigenvalue weighted by molar-refractivity contribution is -0.142. The summed E-state index contributed by atoms with van der Waals surface area (Å²) < 4.78 is 4.83. The largest absolute Gasteiger partial charge is 0.466 e. The van der Waals surface area contributed by atoms with Crippen LogP contribution in [0.5, 0.6) is 0 Å². The predicted octanol–water partition coefficient (Wildman–Crippen LogP) is 1.92. The van der Waals surface area contributed by atoms with Crippen molar-refractivity contribution in [2.75, 3.05) is 19.7 Å². The molecular formula is C11H20ClNO2. The summed E-state index contributed by atoms with van der Waals surface area (Å²) in [6.07, 6.45) is 6.86. The van der Waals surface area contributed by atoms with Gasteiger partial charge in [0.15, 0.2) is 0 Å². The van der Waals surface area contributed by atoms with Gasteiger partial charge in [0, 0.05) is 0 Å². The molecule has 0 radical (unpaired) electrons. The zero-order valence-corrected chi connectivity index (χ0v) is 10.0. The Bertz CT molecular complexity index is 201. The Morgan fingerprint density at radius 3 is 2.73 bits per heavy atom. The molecule has 1 aliphatic rings. The van der Waals surface area contributed by atoms with E-state index in [0.29, 0.717) is 18.9 Å². The lowest BCUT2D eigenvalue weighted by atomic mass is 9.97. The SMILES string of the molecule is CCOC(=O)C/C=C/C1CCNCC1.Cl. The minimum atomic E-state index is -0.127. The van der Waals surface area contributed by atoms with Gasteiger partial charge < -0.3 is 10.1 Å². The Kier molecular flexibility index (Phi) is 8.43. The zero-order chi connectivity index (χ0) is 10.2. The maximum atomic E-state index is 11.0. The number of hydrogen-bond donors (Lipinski definition) is 1. The minimum Gasteiger partial charge on any atom is -0.466 e. The topological polar surface area (TPSA) is 38.3 Å². The standard InChI is InChI=1S/C11H19NO2.ClH/c1-2-14-11(13)5-3-4-10-6-8-12-9-7-10;/h3-4,10,12H,2,5-9H2,1H3;1H/b4-3+;. The molecule has 1 rings (SSSR count). The summed E-state index contributed by atoms with van der Waals surface area (Å²) in [4.78, 5) is 11.0. The smallest absolute Gasteiger partial charge is 0.309 e. The molecule has 0 unspecified atom stereocenters. The van der Waals surface area contributed by atoms with E-state index in [4.69, 9.17) is 4.74 Å². The number of halogens is 1. The van der Waals surface area contributed by atoms with Crippen LogP contribution in [0.15, 0.2) is 12.2 Å². The summed E-state index contributed by atoms with van der Waals surface area (Å²) in [7, 11) is 0. The molecule has 0 aromatic heterocycles. The number of carbonyl (C=O) groups excluding carboxylic acids is 1. The third-order valence-corrected chi connectivity index (χ3v) is 2.38. The van der Waals surface area contributed by atoms with Crippen LogP contribution in [0.4, 0.5) is 0 Å². The number of piperidine rings is 1. The van der Waals surface area contributed by atoms with Crippen molar-refractivity contribution < 1.29 is 9.53 Å². The van der Waals surface area contributed by atoms with Crippen molar-refractivity contribution in [3.05, 3.63) is 12.2 Å². The van der Waals surface area contributed by atoms with Crippen molar-refractivity contribution in [1.82, 2.24) is 5.32 Å². The van der Waals surface area contributed by atoms with Crippen molar-refractivity contribution in [2.24, 2.45) is 5.92 Å². The first kappa shape index (κ1) is 14.5. The third-order valence-electron chi connectivity index (χ3n) is 2.38. The van der Waals surface area contributed by atoms with Crippen molar-refractivity contribution in [3.63, 3.8) is 0 Å². The van der Waals surface area contributed by atoms with Gasteiger partial charge in [0.1, 0.15) is 0 Å². The van der Waals surface area contributed by atoms with Gasteiger partial charge in [-0.25, -0.2) is 0 Å². The van der Waals surface area contributed by atoms with E-state index in [0.717, 1.165) is 13.1 Å². The number of carbonyl (C=O) groups is 1. The highest BCUT2D eigenvalue weighted by atomic mass is 35.5. The van der Waals surface area contributed by atoms with Gasteiger partial charge >= 0.3 is 5.97 Å². The van der Waals surface area contributed by atoms with Gasteiger partial charge in [0.05, 0.1) is 13.0 Å². The monoisotopic (exact) mass is 233 g/mol. The lowest BCUT2D eigenvalue weighted by Gasteiger charge is -2.19. The van der Waals surface area contributed by atoms with Gasteiger partial charge in [-0.15, -0.1) is 12.4 Å². The molecule has 0 amide bonds. The normalized spacial score (nSPS) is 17.4. The fourth-order valence-corrected chi connectivity index (χ4v) is 1.61. The second kappa shape index (κ2) is 8.74. The molecule has 1 heterocycles. The van der Waals surface area contributed by atoms with Gasteiger partial charge in [-0.3, -0.25) is 4.79 Å². The van der Waals surface area contributed by atoms with Gasteiger partial charge in [0.2, 0.25) is 0 Å². The zero-order valence-electron chi connectivity index (χ0n) is 9.20. The number of ether oxygens (including phenoxy) is 1. The first-order valence-electron chi connectivity index (χ1n) is 5.36. The maximum Gasteiger partial charge on any atom is 0.309 e. The summed E-state index contributed by atoms with van der Waals surface area (Å²) in [6.45, 7) is 4.48. The Hall–Kier alpha value is -0.540. The van der Waals surface area contributed by atoms with E-state index in [1.165, 1.54) is 12.8 Å². The van der Waals surface area contributed by atoms with Crippen LogP contribution < -0.4 is 5.32 Å². The molecule has 3 nitrogen and oxygen atoms in total. The van der Waals surface area contributed by atoms with Gasteiger partial charge in [-0.2, -0.15) is 0 Å². The van der Waals surface area contributed by atoms with Gasteiger partial charge in [-0.05, 0) is 38.8 Å². The average Bonchev–Trinajstić information content (AvgIpc) is 2.20. The van der Waals surface area contributed by atoms with Crippen molar-refractivity contribution in [3.8, 4) is 0 Å². The number of esters is 1. The van der Waals surface area contributed by atoms with E-state index < -0.39 is 0 Å². The summed E-state index contributed by atoms with van der Waals surface area (Å²) in [5.74, 6) is 0.517. The first-order valence-corrected chi connectivity index (χ1v) is 5.36. The van der Waals surface area contributed by atoms with Gasteiger partial charge in [-0.1, -0.05) is 12.2 Å². The molecule has 0 atom stereocenters. The number of allylic oxidation sites excluding steroid dienone is 1. The summed E-state index contributed by atoms with van der Waals surface area (Å²) in [5.41, 5.74) is 0. The minimum absolute atomic E-state index is 0. The number of hydrogen-bond acceptors (Lipinski definition) is 3. The highest BCUT2D eigenvalue weighted by molar-refractivity contribution is 5.85. The summed E-state index contributed by atoms with van der Waals surface area (Å²) in [6, 6.07) is 0. The van der Waals surface area contributed by atoms with Crippen LogP contribution in [-0.4, -0.2) is 25.7 Å². The van der Waals surface area contributed by atoms with E-state index in [1.807, 2.05) is 13.0 Å². The van der Waals surface area contributed by atoms with Gasteiger partial charge in [0.25, 0.3) is 0 Å². The molecule has 0 bridgehead atoms. The van der Waals surface area contributed by atoms with Crippen LogP contribution in [0.3, 0.4) is 0 Å². The van der Waals surface area contributed by atoms with E-state index in [9.17, 15) is 4.79 Å². The maximum absolute atomic E-state index is 11.0. The highest BCUT2D eigenvalue weighted by Gasteiger charge is 2.09.